The van der Waals surface area contributed by atoms with Crippen LogP contribution in [0.1, 0.15) is 26.6 Å². The Morgan fingerprint density at radius 3 is 2.52 bits per heavy atom. The van der Waals surface area contributed by atoms with Gasteiger partial charge >= 0.3 is 0 Å². The monoisotopic (exact) mass is 411 g/mol. The lowest BCUT2D eigenvalue weighted by Gasteiger charge is -2.18. The molecule has 0 aliphatic rings. The highest BCUT2D eigenvalue weighted by molar-refractivity contribution is 7.99. The third-order valence-electron chi connectivity index (χ3n) is 4.03. The van der Waals surface area contributed by atoms with Crippen LogP contribution in [0.5, 0.6) is 0 Å². The van der Waals surface area contributed by atoms with E-state index in [9.17, 15) is 13.2 Å². The van der Waals surface area contributed by atoms with Gasteiger partial charge in [-0.1, -0.05) is 38.6 Å². The van der Waals surface area contributed by atoms with Gasteiger partial charge in [-0.25, -0.2) is 8.42 Å². The normalized spacial score (nSPS) is 11.7. The Balaban J connectivity index is 2.05. The number of aryl methyl sites for hydroxylation is 1. The van der Waals surface area contributed by atoms with Crippen LogP contribution in [0.2, 0.25) is 0 Å². The molecule has 2 aromatic rings. The smallest absolute Gasteiger partial charge is 0.243 e. The topological polar surface area (TPSA) is 97.2 Å². The van der Waals surface area contributed by atoms with E-state index in [4.69, 9.17) is 0 Å². The van der Waals surface area contributed by atoms with Crippen molar-refractivity contribution in [2.45, 2.75) is 37.2 Å². The fourth-order valence-corrected chi connectivity index (χ4v) is 4.79. The summed E-state index contributed by atoms with van der Waals surface area (Å²) in [5.41, 5.74) is 0.445. The molecule has 27 heavy (non-hydrogen) atoms. The molecule has 0 radical (unpaired) electrons. The first-order valence-electron chi connectivity index (χ1n) is 8.74. The fourth-order valence-electron chi connectivity index (χ4n) is 2.55. The molecule has 1 heterocycles. The van der Waals surface area contributed by atoms with Crippen molar-refractivity contribution in [3.63, 3.8) is 0 Å². The van der Waals surface area contributed by atoms with Gasteiger partial charge in [0, 0.05) is 32.2 Å². The maximum atomic E-state index is 12.6. The van der Waals surface area contributed by atoms with E-state index >= 15 is 0 Å². The molecular formula is C17H25N5O3S2. The maximum absolute atomic E-state index is 12.6. The average Bonchev–Trinajstić information content (AvgIpc) is 3.00. The minimum absolute atomic E-state index is 0.155. The van der Waals surface area contributed by atoms with Gasteiger partial charge in [0.15, 0.2) is 5.16 Å². The Labute approximate surface area is 164 Å². The second kappa shape index (κ2) is 9.34. The number of aromatic nitrogens is 3. The van der Waals surface area contributed by atoms with Crippen molar-refractivity contribution in [3.05, 3.63) is 30.1 Å². The second-order valence-corrected chi connectivity index (χ2v) is 8.65. The van der Waals surface area contributed by atoms with Crippen molar-refractivity contribution < 1.29 is 13.2 Å². The Bertz CT molecular complexity index is 892. The van der Waals surface area contributed by atoms with Crippen LogP contribution >= 0.6 is 11.8 Å². The Kier molecular flexibility index (Phi) is 7.40. The summed E-state index contributed by atoms with van der Waals surface area (Å²) in [6.07, 6.45) is 0.768. The van der Waals surface area contributed by atoms with E-state index in [0.717, 1.165) is 12.2 Å². The quantitative estimate of drug-likeness (QED) is 0.635. The molecular weight excluding hydrogens is 386 g/mol. The SMILES string of the molecule is CCc1nnc(SCC(=O)Nc2cccc(S(=O)(=O)N(CC)CC)c2)n1C. The number of amides is 1. The van der Waals surface area contributed by atoms with Crippen molar-refractivity contribution in [2.75, 3.05) is 24.2 Å². The van der Waals surface area contributed by atoms with E-state index in [2.05, 4.69) is 15.5 Å². The van der Waals surface area contributed by atoms with Crippen molar-refractivity contribution in [2.24, 2.45) is 7.05 Å². The number of carbonyl (C=O) groups excluding carboxylic acids is 1. The van der Waals surface area contributed by atoms with Gasteiger partial charge in [-0.2, -0.15) is 4.31 Å². The third-order valence-corrected chi connectivity index (χ3v) is 7.10. The summed E-state index contributed by atoms with van der Waals surface area (Å²) >= 11 is 1.28. The van der Waals surface area contributed by atoms with Gasteiger partial charge < -0.3 is 9.88 Å². The van der Waals surface area contributed by atoms with Gasteiger partial charge in [0.25, 0.3) is 0 Å². The van der Waals surface area contributed by atoms with Gasteiger partial charge in [-0.05, 0) is 18.2 Å². The summed E-state index contributed by atoms with van der Waals surface area (Å²) in [5.74, 6) is 0.772. The van der Waals surface area contributed by atoms with Crippen LogP contribution in [0.4, 0.5) is 5.69 Å². The highest BCUT2D eigenvalue weighted by Gasteiger charge is 2.22. The Hall–Kier alpha value is -1.91. The Morgan fingerprint density at radius 2 is 1.93 bits per heavy atom. The summed E-state index contributed by atoms with van der Waals surface area (Å²) in [7, 11) is -1.70. The fraction of sp³-hybridized carbons (Fsp3) is 0.471. The van der Waals surface area contributed by atoms with Crippen LogP contribution in [0.3, 0.4) is 0 Å². The molecule has 0 bridgehead atoms. The second-order valence-electron chi connectivity index (χ2n) is 5.77. The van der Waals surface area contributed by atoms with Crippen LogP contribution in [0.25, 0.3) is 0 Å². The molecule has 0 atom stereocenters. The van der Waals surface area contributed by atoms with Gasteiger partial charge in [0.05, 0.1) is 10.6 Å². The maximum Gasteiger partial charge on any atom is 0.243 e. The van der Waals surface area contributed by atoms with Crippen molar-refractivity contribution in [1.29, 1.82) is 0 Å². The van der Waals surface area contributed by atoms with E-state index in [-0.39, 0.29) is 16.6 Å². The first-order chi connectivity index (χ1) is 12.8. The summed E-state index contributed by atoms with van der Waals surface area (Å²) in [6.45, 7) is 6.36. The lowest BCUT2D eigenvalue weighted by Crippen LogP contribution is -2.30. The lowest BCUT2D eigenvalue weighted by atomic mass is 10.3. The molecule has 1 aromatic carbocycles. The first-order valence-corrected chi connectivity index (χ1v) is 11.2. The van der Waals surface area contributed by atoms with E-state index < -0.39 is 10.0 Å². The van der Waals surface area contributed by atoms with Crippen LogP contribution < -0.4 is 5.32 Å². The largest absolute Gasteiger partial charge is 0.325 e. The average molecular weight is 412 g/mol. The zero-order valence-corrected chi connectivity index (χ0v) is 17.6. The zero-order valence-electron chi connectivity index (χ0n) is 16.0. The zero-order chi connectivity index (χ0) is 20.0. The predicted molar refractivity (Wildman–Crippen MR) is 106 cm³/mol. The molecule has 10 heteroatoms. The first kappa shape index (κ1) is 21.4. The number of hydrogen-bond donors (Lipinski definition) is 1. The van der Waals surface area contributed by atoms with E-state index in [1.807, 2.05) is 18.5 Å². The minimum Gasteiger partial charge on any atom is -0.325 e. The van der Waals surface area contributed by atoms with Crippen molar-refractivity contribution >= 4 is 33.4 Å². The number of rotatable bonds is 9. The van der Waals surface area contributed by atoms with Crippen molar-refractivity contribution in [1.82, 2.24) is 19.1 Å². The van der Waals surface area contributed by atoms with Gasteiger partial charge in [-0.15, -0.1) is 10.2 Å². The minimum atomic E-state index is -3.57. The number of benzene rings is 1. The molecule has 1 N–H and O–H groups in total. The molecule has 0 saturated heterocycles. The molecule has 148 valence electrons. The molecule has 1 aromatic heterocycles. The predicted octanol–water partition coefficient (Wildman–Crippen LogP) is 2.14. The highest BCUT2D eigenvalue weighted by Crippen LogP contribution is 2.20. The number of nitrogens with zero attached hydrogens (tertiary/aromatic N) is 4. The van der Waals surface area contributed by atoms with Crippen molar-refractivity contribution in [3.8, 4) is 0 Å². The van der Waals surface area contributed by atoms with Crippen LogP contribution in [0, 0.1) is 0 Å². The van der Waals surface area contributed by atoms with E-state index in [1.165, 1.54) is 28.2 Å². The molecule has 1 amide bonds. The van der Waals surface area contributed by atoms with Gasteiger partial charge in [-0.3, -0.25) is 4.79 Å². The summed E-state index contributed by atoms with van der Waals surface area (Å²) < 4.78 is 28.4. The van der Waals surface area contributed by atoms with Crippen LogP contribution in [0.15, 0.2) is 34.3 Å². The number of hydrogen-bond acceptors (Lipinski definition) is 6. The molecule has 0 spiro atoms. The summed E-state index contributed by atoms with van der Waals surface area (Å²) in [6, 6.07) is 6.30. The number of anilines is 1. The standard InChI is InChI=1S/C17H25N5O3S2/c1-5-15-19-20-17(21(15)4)26-12-16(23)18-13-9-8-10-14(11-13)27(24,25)22(6-2)7-3/h8-11H,5-7,12H2,1-4H3,(H,18,23). The molecule has 0 fully saturated rings. The highest BCUT2D eigenvalue weighted by atomic mass is 32.2. The molecule has 0 unspecified atom stereocenters. The van der Waals surface area contributed by atoms with Crippen LogP contribution in [-0.4, -0.2) is 52.2 Å². The number of thioether (sulfide) groups is 1. The summed E-state index contributed by atoms with van der Waals surface area (Å²) in [4.78, 5) is 12.4. The van der Waals surface area contributed by atoms with Gasteiger partial charge in [0.2, 0.25) is 15.9 Å². The summed E-state index contributed by atoms with van der Waals surface area (Å²) in [5, 5.41) is 11.5. The Morgan fingerprint density at radius 1 is 1.22 bits per heavy atom. The number of nitrogens with one attached hydrogen (secondary N) is 1. The lowest BCUT2D eigenvalue weighted by molar-refractivity contribution is -0.113. The molecule has 8 nitrogen and oxygen atoms in total. The number of sulfonamides is 1. The van der Waals surface area contributed by atoms with Gasteiger partial charge in [0.1, 0.15) is 5.82 Å². The number of carbonyl (C=O) groups is 1. The van der Waals surface area contributed by atoms with E-state index in [1.54, 1.807) is 26.0 Å². The molecule has 2 rings (SSSR count). The molecule has 0 aliphatic carbocycles. The molecule has 0 saturated carbocycles. The van der Waals surface area contributed by atoms with Crippen LogP contribution in [-0.2, 0) is 28.3 Å². The third kappa shape index (κ3) is 5.08. The van der Waals surface area contributed by atoms with E-state index in [0.29, 0.717) is 23.9 Å². The molecule has 0 aliphatic heterocycles.